The van der Waals surface area contributed by atoms with E-state index in [2.05, 4.69) is 25.9 Å². The van der Waals surface area contributed by atoms with E-state index in [1.165, 1.54) is 6.07 Å². The number of methoxy groups -OCH3 is 1. The van der Waals surface area contributed by atoms with Crippen LogP contribution in [0.5, 0.6) is 5.75 Å². The molecule has 0 atom stereocenters. The molecule has 1 saturated heterocycles. The molecule has 2 aromatic heterocycles. The van der Waals surface area contributed by atoms with Gasteiger partial charge in [-0.05, 0) is 42.7 Å². The molecule has 2 amide bonds. The molecule has 35 heavy (non-hydrogen) atoms. The maximum Gasteiger partial charge on any atom is 0.453 e. The molecule has 0 unspecified atom stereocenters. The number of hydrogen-bond donors (Lipinski definition) is 2. The Labute approximate surface area is 198 Å². The predicted molar refractivity (Wildman–Crippen MR) is 119 cm³/mol. The van der Waals surface area contributed by atoms with Gasteiger partial charge < -0.3 is 20.3 Å². The number of nitrogens with one attached hydrogen (secondary N) is 2. The van der Waals surface area contributed by atoms with Crippen molar-refractivity contribution in [3.05, 3.63) is 47.8 Å². The quantitative estimate of drug-likeness (QED) is 0.518. The van der Waals surface area contributed by atoms with Gasteiger partial charge in [0.15, 0.2) is 5.65 Å². The summed E-state index contributed by atoms with van der Waals surface area (Å²) in [4.78, 5) is 26.4. The Kier molecular flexibility index (Phi) is 7.03. The number of halogens is 3. The topological polar surface area (TPSA) is 114 Å². The Balaban J connectivity index is 1.24. The van der Waals surface area contributed by atoms with Gasteiger partial charge in [-0.15, -0.1) is 15.3 Å². The van der Waals surface area contributed by atoms with Gasteiger partial charge in [0.1, 0.15) is 11.6 Å². The molecule has 10 nitrogen and oxygen atoms in total. The van der Waals surface area contributed by atoms with Crippen LogP contribution in [0.25, 0.3) is 5.65 Å². The number of aromatic nitrogens is 4. The molecule has 1 fully saturated rings. The highest BCUT2D eigenvalue weighted by Gasteiger charge is 2.38. The van der Waals surface area contributed by atoms with Gasteiger partial charge in [-0.25, -0.2) is 0 Å². The summed E-state index contributed by atoms with van der Waals surface area (Å²) in [6, 6.07) is 10.3. The third kappa shape index (κ3) is 5.78. The van der Waals surface area contributed by atoms with Crippen LogP contribution >= 0.6 is 0 Å². The van der Waals surface area contributed by atoms with Gasteiger partial charge in [0, 0.05) is 25.6 Å². The summed E-state index contributed by atoms with van der Waals surface area (Å²) in [6.45, 7) is 1.06. The molecule has 0 saturated carbocycles. The molecule has 4 rings (SSSR count). The molecule has 0 bridgehead atoms. The van der Waals surface area contributed by atoms with Crippen molar-refractivity contribution in [2.75, 3.05) is 31.6 Å². The number of hydrogen-bond acceptors (Lipinski definition) is 7. The first-order valence-corrected chi connectivity index (χ1v) is 11.0. The van der Waals surface area contributed by atoms with Crippen molar-refractivity contribution in [2.45, 2.75) is 25.6 Å². The van der Waals surface area contributed by atoms with E-state index < -0.39 is 12.0 Å². The van der Waals surface area contributed by atoms with Gasteiger partial charge in [-0.3, -0.25) is 9.59 Å². The molecule has 186 valence electrons. The first kappa shape index (κ1) is 24.2. The van der Waals surface area contributed by atoms with Gasteiger partial charge in [0.25, 0.3) is 5.82 Å². The number of anilines is 1. The monoisotopic (exact) mass is 491 g/mol. The zero-order chi connectivity index (χ0) is 25.0. The van der Waals surface area contributed by atoms with Crippen LogP contribution in [0, 0.1) is 5.92 Å². The molecule has 0 spiro atoms. The van der Waals surface area contributed by atoms with Crippen LogP contribution in [-0.2, 0) is 22.3 Å². The summed E-state index contributed by atoms with van der Waals surface area (Å²) in [7, 11) is 1.57. The summed E-state index contributed by atoms with van der Waals surface area (Å²) < 4.78 is 45.1. The van der Waals surface area contributed by atoms with Gasteiger partial charge in [-0.2, -0.15) is 17.7 Å². The van der Waals surface area contributed by atoms with Crippen molar-refractivity contribution in [3.8, 4) is 5.75 Å². The zero-order valence-corrected chi connectivity index (χ0v) is 18.9. The summed E-state index contributed by atoms with van der Waals surface area (Å²) in [6.07, 6.45) is -3.71. The van der Waals surface area contributed by atoms with Crippen molar-refractivity contribution < 1.29 is 27.5 Å². The summed E-state index contributed by atoms with van der Waals surface area (Å²) >= 11 is 0. The van der Waals surface area contributed by atoms with E-state index in [-0.39, 0.29) is 29.9 Å². The standard InChI is InChI=1S/C22H24F3N7O3/c1-35-16-4-2-14(3-5-16)12-26-19(33)13-27-20(34)15-8-10-31(11-9-15)18-7-6-17-28-29-21(22(23,24)25)32(17)30-18/h2-7,15H,8-13H2,1H3,(H,26,33)(H,27,34). The number of piperidine rings is 1. The molecule has 13 heteroatoms. The number of ether oxygens (including phenoxy) is 1. The van der Waals surface area contributed by atoms with Crippen molar-refractivity contribution in [2.24, 2.45) is 5.92 Å². The van der Waals surface area contributed by atoms with Crippen molar-refractivity contribution >= 4 is 23.3 Å². The second kappa shape index (κ2) is 10.2. The van der Waals surface area contributed by atoms with E-state index in [0.29, 0.717) is 42.8 Å². The van der Waals surface area contributed by atoms with E-state index in [0.717, 1.165) is 11.3 Å². The van der Waals surface area contributed by atoms with E-state index >= 15 is 0 Å². The Hall–Kier alpha value is -3.90. The normalized spacial score (nSPS) is 14.7. The number of benzene rings is 1. The largest absolute Gasteiger partial charge is 0.497 e. The summed E-state index contributed by atoms with van der Waals surface area (Å²) in [5, 5.41) is 16.1. The van der Waals surface area contributed by atoms with E-state index in [9.17, 15) is 22.8 Å². The number of fused-ring (bicyclic) bond motifs is 1. The van der Waals surface area contributed by atoms with Crippen molar-refractivity contribution in [1.82, 2.24) is 30.4 Å². The lowest BCUT2D eigenvalue weighted by Gasteiger charge is -2.32. The Morgan fingerprint density at radius 1 is 1.06 bits per heavy atom. The van der Waals surface area contributed by atoms with Crippen molar-refractivity contribution in [3.63, 3.8) is 0 Å². The fourth-order valence-electron chi connectivity index (χ4n) is 3.81. The smallest absolute Gasteiger partial charge is 0.453 e. The van der Waals surface area contributed by atoms with Crippen LogP contribution in [0.1, 0.15) is 24.2 Å². The fraction of sp³-hybridized carbons (Fsp3) is 0.409. The van der Waals surface area contributed by atoms with E-state index in [1.54, 1.807) is 25.3 Å². The second-order valence-electron chi connectivity index (χ2n) is 8.09. The molecule has 0 aliphatic carbocycles. The minimum absolute atomic E-state index is 0.000561. The highest BCUT2D eigenvalue weighted by Crippen LogP contribution is 2.28. The fourth-order valence-corrected chi connectivity index (χ4v) is 3.81. The van der Waals surface area contributed by atoms with Gasteiger partial charge in [0.2, 0.25) is 11.8 Å². The third-order valence-electron chi connectivity index (χ3n) is 5.76. The second-order valence-corrected chi connectivity index (χ2v) is 8.09. The lowest BCUT2D eigenvalue weighted by Crippen LogP contribution is -2.43. The zero-order valence-electron chi connectivity index (χ0n) is 18.9. The lowest BCUT2D eigenvalue weighted by atomic mass is 9.96. The van der Waals surface area contributed by atoms with Crippen LogP contribution in [-0.4, -0.2) is 58.4 Å². The number of amides is 2. The van der Waals surface area contributed by atoms with E-state index in [1.807, 2.05) is 17.0 Å². The number of carbonyl (C=O) groups excluding carboxylic acids is 2. The number of rotatable bonds is 7. The van der Waals surface area contributed by atoms with Crippen LogP contribution in [0.4, 0.5) is 19.0 Å². The molecule has 1 aliphatic rings. The molecule has 0 radical (unpaired) electrons. The van der Waals surface area contributed by atoms with Gasteiger partial charge in [0.05, 0.1) is 13.7 Å². The maximum atomic E-state index is 13.1. The number of carbonyl (C=O) groups is 2. The van der Waals surface area contributed by atoms with Gasteiger partial charge >= 0.3 is 6.18 Å². The highest BCUT2D eigenvalue weighted by atomic mass is 19.4. The Morgan fingerprint density at radius 2 is 1.77 bits per heavy atom. The molecule has 3 aromatic rings. The average Bonchev–Trinajstić information content (AvgIpc) is 3.30. The maximum absolute atomic E-state index is 13.1. The van der Waals surface area contributed by atoms with Gasteiger partial charge in [-0.1, -0.05) is 12.1 Å². The Morgan fingerprint density at radius 3 is 2.43 bits per heavy atom. The van der Waals surface area contributed by atoms with E-state index in [4.69, 9.17) is 4.74 Å². The van der Waals surface area contributed by atoms with Crippen molar-refractivity contribution in [1.29, 1.82) is 0 Å². The first-order valence-electron chi connectivity index (χ1n) is 11.0. The molecular formula is C22H24F3N7O3. The minimum Gasteiger partial charge on any atom is -0.497 e. The average molecular weight is 491 g/mol. The highest BCUT2D eigenvalue weighted by molar-refractivity contribution is 5.85. The molecule has 1 aliphatic heterocycles. The van der Waals surface area contributed by atoms with Crippen LogP contribution < -0.4 is 20.3 Å². The summed E-state index contributed by atoms with van der Waals surface area (Å²) in [5.41, 5.74) is 0.902. The molecule has 1 aromatic carbocycles. The molecular weight excluding hydrogens is 467 g/mol. The molecule has 2 N–H and O–H groups in total. The summed E-state index contributed by atoms with van der Waals surface area (Å²) in [5.74, 6) is -0.956. The van der Waals surface area contributed by atoms with Crippen LogP contribution in [0.2, 0.25) is 0 Å². The third-order valence-corrected chi connectivity index (χ3v) is 5.76. The SMILES string of the molecule is COc1ccc(CNC(=O)CNC(=O)C2CCN(c3ccc4nnc(C(F)(F)F)n4n3)CC2)cc1. The lowest BCUT2D eigenvalue weighted by molar-refractivity contribution is -0.146. The van der Waals surface area contributed by atoms with Crippen LogP contribution in [0.15, 0.2) is 36.4 Å². The minimum atomic E-state index is -4.67. The molecule has 3 heterocycles. The Bertz CT molecular complexity index is 1190. The number of nitrogens with zero attached hydrogens (tertiary/aromatic N) is 5. The predicted octanol–water partition coefficient (Wildman–Crippen LogP) is 1.80. The number of alkyl halides is 3. The van der Waals surface area contributed by atoms with Crippen LogP contribution in [0.3, 0.4) is 0 Å². The first-order chi connectivity index (χ1) is 16.7.